The molecule has 6 nitrogen and oxygen atoms in total. The van der Waals surface area contributed by atoms with Crippen molar-refractivity contribution in [3.8, 4) is 11.3 Å². The molecule has 0 aliphatic rings. The van der Waals surface area contributed by atoms with Gasteiger partial charge in [0.1, 0.15) is 16.9 Å². The molecule has 0 fully saturated rings. The second-order valence-electron chi connectivity index (χ2n) is 8.86. The lowest BCUT2D eigenvalue weighted by molar-refractivity contribution is 0.632. The van der Waals surface area contributed by atoms with Crippen molar-refractivity contribution >= 4 is 44.0 Å². The first-order chi connectivity index (χ1) is 15.5. The SMILES string of the molecule is CC(C)n1c2cc(-c3cnc4c(c3)c3cccnc3n4C(C)C)ncc2c2cccnc21. The molecule has 6 heteroatoms. The molecule has 32 heavy (non-hydrogen) atoms. The Morgan fingerprint density at radius 2 is 1.25 bits per heavy atom. The average molecular weight is 421 g/mol. The summed E-state index contributed by atoms with van der Waals surface area (Å²) < 4.78 is 4.49. The van der Waals surface area contributed by atoms with E-state index in [2.05, 4.69) is 71.1 Å². The molecule has 0 bridgehead atoms. The smallest absolute Gasteiger partial charge is 0.142 e. The predicted octanol–water partition coefficient (Wildman–Crippen LogP) is 6.31. The summed E-state index contributed by atoms with van der Waals surface area (Å²) in [7, 11) is 0. The minimum atomic E-state index is 0.270. The summed E-state index contributed by atoms with van der Waals surface area (Å²) in [5.74, 6) is 0. The molecule has 0 aliphatic heterocycles. The summed E-state index contributed by atoms with van der Waals surface area (Å²) in [6, 6.07) is 13.1. The van der Waals surface area contributed by atoms with Gasteiger partial charge in [-0.3, -0.25) is 4.98 Å². The van der Waals surface area contributed by atoms with Gasteiger partial charge in [0.15, 0.2) is 0 Å². The standard InChI is InChI=1S/C26H24N6/c1-15(2)31-23-12-22(29-14-21(23)19-8-6-9-27-24(19)31)17-11-20-18-7-5-10-28-25(18)32(16(3)4)26(20)30-13-17/h5-16H,1-4H3. The van der Waals surface area contributed by atoms with Gasteiger partial charge in [-0.15, -0.1) is 0 Å². The van der Waals surface area contributed by atoms with E-state index in [-0.39, 0.29) is 12.1 Å². The molecule has 0 unspecified atom stereocenters. The minimum absolute atomic E-state index is 0.270. The van der Waals surface area contributed by atoms with Crippen LogP contribution in [0.2, 0.25) is 0 Å². The van der Waals surface area contributed by atoms with E-state index in [0.717, 1.165) is 55.3 Å². The number of rotatable bonds is 3. The van der Waals surface area contributed by atoms with Crippen LogP contribution in [0.5, 0.6) is 0 Å². The first-order valence-corrected chi connectivity index (χ1v) is 11.0. The van der Waals surface area contributed by atoms with Crippen LogP contribution in [0.25, 0.3) is 55.3 Å². The Morgan fingerprint density at radius 3 is 1.94 bits per heavy atom. The molecule has 0 saturated heterocycles. The van der Waals surface area contributed by atoms with E-state index in [9.17, 15) is 0 Å². The maximum atomic E-state index is 4.86. The lowest BCUT2D eigenvalue weighted by Gasteiger charge is -2.11. The number of aromatic nitrogens is 6. The zero-order valence-electron chi connectivity index (χ0n) is 18.6. The fraction of sp³-hybridized carbons (Fsp3) is 0.231. The van der Waals surface area contributed by atoms with Crippen molar-refractivity contribution in [2.45, 2.75) is 39.8 Å². The highest BCUT2D eigenvalue weighted by Gasteiger charge is 2.18. The van der Waals surface area contributed by atoms with Crippen molar-refractivity contribution < 1.29 is 0 Å². The fourth-order valence-electron chi connectivity index (χ4n) is 4.82. The van der Waals surface area contributed by atoms with Crippen LogP contribution in [0.3, 0.4) is 0 Å². The van der Waals surface area contributed by atoms with E-state index in [0.29, 0.717) is 0 Å². The zero-order chi connectivity index (χ0) is 22.0. The van der Waals surface area contributed by atoms with Crippen LogP contribution in [0.15, 0.2) is 61.2 Å². The Bertz CT molecular complexity index is 1640. The summed E-state index contributed by atoms with van der Waals surface area (Å²) in [5, 5.41) is 4.48. The van der Waals surface area contributed by atoms with Crippen LogP contribution in [-0.4, -0.2) is 29.1 Å². The van der Waals surface area contributed by atoms with Gasteiger partial charge in [-0.25, -0.2) is 15.0 Å². The lowest BCUT2D eigenvalue weighted by Crippen LogP contribution is -2.02. The summed E-state index contributed by atoms with van der Waals surface area (Å²) >= 11 is 0. The Kier molecular flexibility index (Phi) is 4.05. The number of pyridine rings is 4. The Balaban J connectivity index is 1.62. The number of nitrogens with zero attached hydrogens (tertiary/aromatic N) is 6. The highest BCUT2D eigenvalue weighted by Crippen LogP contribution is 2.35. The van der Waals surface area contributed by atoms with Gasteiger partial charge in [0.05, 0.1) is 11.2 Å². The Labute approximate surface area is 185 Å². The molecule has 0 spiro atoms. The van der Waals surface area contributed by atoms with Gasteiger partial charge in [0, 0.05) is 64.0 Å². The number of hydrogen-bond donors (Lipinski definition) is 0. The largest absolute Gasteiger partial charge is 0.323 e. The van der Waals surface area contributed by atoms with Gasteiger partial charge in [-0.1, -0.05) is 0 Å². The van der Waals surface area contributed by atoms with Crippen molar-refractivity contribution in [2.75, 3.05) is 0 Å². The van der Waals surface area contributed by atoms with Crippen molar-refractivity contribution in [1.29, 1.82) is 0 Å². The summed E-state index contributed by atoms with van der Waals surface area (Å²) in [6.07, 6.45) is 7.59. The first kappa shape index (κ1) is 18.9. The van der Waals surface area contributed by atoms with Crippen LogP contribution in [0.4, 0.5) is 0 Å². The van der Waals surface area contributed by atoms with E-state index in [1.165, 1.54) is 0 Å². The van der Waals surface area contributed by atoms with Crippen molar-refractivity contribution in [1.82, 2.24) is 29.1 Å². The lowest BCUT2D eigenvalue weighted by atomic mass is 10.1. The van der Waals surface area contributed by atoms with Gasteiger partial charge in [0.2, 0.25) is 0 Å². The van der Waals surface area contributed by atoms with Gasteiger partial charge >= 0.3 is 0 Å². The molecule has 6 aromatic heterocycles. The van der Waals surface area contributed by atoms with Crippen molar-refractivity contribution in [2.24, 2.45) is 0 Å². The first-order valence-electron chi connectivity index (χ1n) is 11.0. The number of fused-ring (bicyclic) bond motifs is 6. The maximum absolute atomic E-state index is 4.86. The Hall–Kier alpha value is -3.80. The second kappa shape index (κ2) is 6.85. The van der Waals surface area contributed by atoms with Gasteiger partial charge in [-0.2, -0.15) is 0 Å². The molecular weight excluding hydrogens is 396 g/mol. The van der Waals surface area contributed by atoms with Crippen LogP contribution in [0, 0.1) is 0 Å². The average Bonchev–Trinajstić information content (AvgIpc) is 3.31. The molecule has 158 valence electrons. The van der Waals surface area contributed by atoms with E-state index in [1.54, 1.807) is 0 Å². The molecule has 0 aliphatic carbocycles. The number of hydrogen-bond acceptors (Lipinski definition) is 4. The molecule has 6 heterocycles. The molecular formula is C26H24N6. The molecule has 0 saturated carbocycles. The molecule has 6 aromatic rings. The maximum Gasteiger partial charge on any atom is 0.142 e. The minimum Gasteiger partial charge on any atom is -0.323 e. The normalized spacial score (nSPS) is 12.3. The summed E-state index contributed by atoms with van der Waals surface area (Å²) in [5.41, 5.74) is 5.97. The van der Waals surface area contributed by atoms with E-state index in [4.69, 9.17) is 9.97 Å². The molecule has 0 N–H and O–H groups in total. The predicted molar refractivity (Wildman–Crippen MR) is 130 cm³/mol. The highest BCUT2D eigenvalue weighted by atomic mass is 15.1. The molecule has 0 radical (unpaired) electrons. The van der Waals surface area contributed by atoms with Crippen LogP contribution >= 0.6 is 0 Å². The van der Waals surface area contributed by atoms with Crippen LogP contribution < -0.4 is 0 Å². The zero-order valence-corrected chi connectivity index (χ0v) is 18.6. The fourth-order valence-corrected chi connectivity index (χ4v) is 4.82. The van der Waals surface area contributed by atoms with Crippen molar-refractivity contribution in [3.05, 3.63) is 61.2 Å². The van der Waals surface area contributed by atoms with Crippen LogP contribution in [-0.2, 0) is 0 Å². The Morgan fingerprint density at radius 1 is 0.625 bits per heavy atom. The van der Waals surface area contributed by atoms with Gasteiger partial charge in [-0.05, 0) is 64.1 Å². The molecule has 0 aromatic carbocycles. The van der Waals surface area contributed by atoms with Gasteiger partial charge in [0.25, 0.3) is 0 Å². The quantitative estimate of drug-likeness (QED) is 0.336. The molecule has 0 amide bonds. The van der Waals surface area contributed by atoms with Crippen LogP contribution in [0.1, 0.15) is 39.8 Å². The summed E-state index contributed by atoms with van der Waals surface area (Å²) in [6.45, 7) is 8.71. The summed E-state index contributed by atoms with van der Waals surface area (Å²) in [4.78, 5) is 19.0. The van der Waals surface area contributed by atoms with E-state index < -0.39 is 0 Å². The monoisotopic (exact) mass is 420 g/mol. The topological polar surface area (TPSA) is 61.4 Å². The van der Waals surface area contributed by atoms with Crippen molar-refractivity contribution in [3.63, 3.8) is 0 Å². The highest BCUT2D eigenvalue weighted by molar-refractivity contribution is 6.08. The second-order valence-corrected chi connectivity index (χ2v) is 8.86. The van der Waals surface area contributed by atoms with E-state index in [1.807, 2.05) is 36.9 Å². The molecule has 6 rings (SSSR count). The van der Waals surface area contributed by atoms with E-state index >= 15 is 0 Å². The molecule has 0 atom stereocenters. The third-order valence-corrected chi connectivity index (χ3v) is 6.18. The van der Waals surface area contributed by atoms with Gasteiger partial charge < -0.3 is 9.13 Å². The third-order valence-electron chi connectivity index (χ3n) is 6.18. The third kappa shape index (κ3) is 2.59.